The van der Waals surface area contributed by atoms with Crippen LogP contribution in [0.25, 0.3) is 11.1 Å². The van der Waals surface area contributed by atoms with E-state index in [0.717, 1.165) is 17.7 Å². The summed E-state index contributed by atoms with van der Waals surface area (Å²) in [6, 6.07) is 24.5. The number of rotatable bonds is 4. The maximum Gasteiger partial charge on any atom is 0.229 e. The van der Waals surface area contributed by atoms with Crippen LogP contribution in [0.15, 0.2) is 72.8 Å². The first-order valence-electron chi connectivity index (χ1n) is 10.5. The first kappa shape index (κ1) is 18.6. The fourth-order valence-corrected chi connectivity index (χ4v) is 4.66. The van der Waals surface area contributed by atoms with Crippen LogP contribution < -0.4 is 5.32 Å². The van der Waals surface area contributed by atoms with Gasteiger partial charge >= 0.3 is 0 Å². The van der Waals surface area contributed by atoms with Gasteiger partial charge in [-0.1, -0.05) is 60.7 Å². The summed E-state index contributed by atoms with van der Waals surface area (Å²) < 4.78 is 0. The predicted molar refractivity (Wildman–Crippen MR) is 118 cm³/mol. The molecule has 5 rings (SSSR count). The Morgan fingerprint density at radius 3 is 2.53 bits per heavy atom. The number of likely N-dealkylation sites (tertiary alicyclic amines) is 1. The summed E-state index contributed by atoms with van der Waals surface area (Å²) in [5, 5.41) is 3.04. The van der Waals surface area contributed by atoms with Crippen LogP contribution in [-0.2, 0) is 16.0 Å². The van der Waals surface area contributed by atoms with Crippen LogP contribution in [0, 0.1) is 5.92 Å². The molecule has 2 amide bonds. The highest BCUT2D eigenvalue weighted by Gasteiger charge is 2.37. The highest BCUT2D eigenvalue weighted by atomic mass is 16.2. The number of carbonyl (C=O) groups is 2. The molecule has 0 bridgehead atoms. The van der Waals surface area contributed by atoms with Crippen LogP contribution in [0.2, 0.25) is 0 Å². The van der Waals surface area contributed by atoms with Crippen molar-refractivity contribution < 1.29 is 9.59 Å². The van der Waals surface area contributed by atoms with E-state index in [1.807, 2.05) is 48.2 Å². The molecule has 30 heavy (non-hydrogen) atoms. The Hall–Kier alpha value is -3.40. The molecule has 1 saturated heterocycles. The average molecular weight is 396 g/mol. The fourth-order valence-electron chi connectivity index (χ4n) is 4.66. The molecule has 0 radical (unpaired) electrons. The van der Waals surface area contributed by atoms with E-state index < -0.39 is 0 Å². The second kappa shape index (κ2) is 7.45. The van der Waals surface area contributed by atoms with Crippen molar-refractivity contribution in [3.8, 4) is 11.1 Å². The summed E-state index contributed by atoms with van der Waals surface area (Å²) in [7, 11) is 0. The van der Waals surface area contributed by atoms with Gasteiger partial charge in [-0.25, -0.2) is 0 Å². The largest absolute Gasteiger partial charge is 0.335 e. The molecule has 1 heterocycles. The minimum Gasteiger partial charge on any atom is -0.335 e. The Morgan fingerprint density at radius 1 is 0.967 bits per heavy atom. The summed E-state index contributed by atoms with van der Waals surface area (Å²) in [6.07, 6.45) is 1.15. The van der Waals surface area contributed by atoms with Gasteiger partial charge in [0, 0.05) is 18.7 Å². The van der Waals surface area contributed by atoms with Crippen molar-refractivity contribution in [2.24, 2.45) is 5.92 Å². The summed E-state index contributed by atoms with van der Waals surface area (Å²) in [4.78, 5) is 27.3. The normalized spacial score (nSPS) is 18.1. The van der Waals surface area contributed by atoms with E-state index in [1.165, 1.54) is 22.3 Å². The zero-order valence-electron chi connectivity index (χ0n) is 17.0. The van der Waals surface area contributed by atoms with E-state index in [-0.39, 0.29) is 30.2 Å². The molecule has 0 aromatic heterocycles. The second-order valence-corrected chi connectivity index (χ2v) is 8.23. The lowest BCUT2D eigenvalue weighted by atomic mass is 10.0. The van der Waals surface area contributed by atoms with Crippen LogP contribution in [0.5, 0.6) is 0 Å². The zero-order chi connectivity index (χ0) is 20.7. The molecule has 2 unspecified atom stereocenters. The van der Waals surface area contributed by atoms with Gasteiger partial charge in [-0.15, -0.1) is 0 Å². The number of fused-ring (bicyclic) bond motifs is 3. The first-order chi connectivity index (χ1) is 14.6. The number of hydrogen-bond acceptors (Lipinski definition) is 2. The molecule has 3 aromatic rings. The van der Waals surface area contributed by atoms with Crippen molar-refractivity contribution in [3.05, 3.63) is 89.5 Å². The molecule has 4 nitrogen and oxygen atoms in total. The van der Waals surface area contributed by atoms with Crippen LogP contribution in [0.3, 0.4) is 0 Å². The Bertz CT molecular complexity index is 1120. The van der Waals surface area contributed by atoms with Crippen LogP contribution in [0.1, 0.15) is 36.1 Å². The molecular formula is C26H24N2O2. The molecule has 1 aliphatic carbocycles. The average Bonchev–Trinajstić information content (AvgIpc) is 3.34. The Balaban J connectivity index is 1.28. The van der Waals surface area contributed by atoms with Gasteiger partial charge in [0.05, 0.1) is 12.0 Å². The number of nitrogens with one attached hydrogen (secondary N) is 1. The van der Waals surface area contributed by atoms with Gasteiger partial charge in [-0.05, 0) is 53.3 Å². The monoisotopic (exact) mass is 396 g/mol. The third-order valence-electron chi connectivity index (χ3n) is 6.34. The van der Waals surface area contributed by atoms with Gasteiger partial charge in [0.2, 0.25) is 11.8 Å². The number of nitrogens with zero attached hydrogens (tertiary/aromatic N) is 1. The van der Waals surface area contributed by atoms with Crippen LogP contribution in [0.4, 0.5) is 5.69 Å². The molecule has 0 saturated carbocycles. The van der Waals surface area contributed by atoms with Gasteiger partial charge < -0.3 is 10.2 Å². The third-order valence-corrected chi connectivity index (χ3v) is 6.34. The fraction of sp³-hybridized carbons (Fsp3) is 0.231. The van der Waals surface area contributed by atoms with E-state index in [0.29, 0.717) is 6.54 Å². The van der Waals surface area contributed by atoms with Gasteiger partial charge in [0.25, 0.3) is 0 Å². The van der Waals surface area contributed by atoms with E-state index in [4.69, 9.17) is 0 Å². The number of benzene rings is 3. The predicted octanol–water partition coefficient (Wildman–Crippen LogP) is 4.81. The van der Waals surface area contributed by atoms with Gasteiger partial charge in [0.1, 0.15) is 0 Å². The van der Waals surface area contributed by atoms with Gasteiger partial charge in [-0.2, -0.15) is 0 Å². The zero-order valence-corrected chi connectivity index (χ0v) is 17.0. The van der Waals surface area contributed by atoms with E-state index in [9.17, 15) is 9.59 Å². The molecule has 150 valence electrons. The molecule has 2 atom stereocenters. The molecule has 4 heteroatoms. The Kier molecular flexibility index (Phi) is 4.62. The SMILES string of the molecule is CC(c1ccccc1)N1CC(C(=O)Nc2ccc3c(c2)Cc2ccccc2-3)CC1=O. The smallest absolute Gasteiger partial charge is 0.229 e. The molecule has 1 aliphatic heterocycles. The topological polar surface area (TPSA) is 49.4 Å². The Morgan fingerprint density at radius 2 is 1.70 bits per heavy atom. The van der Waals surface area contributed by atoms with E-state index in [2.05, 4.69) is 41.7 Å². The lowest BCUT2D eigenvalue weighted by molar-refractivity contribution is -0.129. The minimum atomic E-state index is -0.325. The van der Waals surface area contributed by atoms with Crippen molar-refractivity contribution in [3.63, 3.8) is 0 Å². The van der Waals surface area contributed by atoms with Crippen molar-refractivity contribution >= 4 is 17.5 Å². The van der Waals surface area contributed by atoms with E-state index in [1.54, 1.807) is 0 Å². The van der Waals surface area contributed by atoms with Crippen molar-refractivity contribution in [1.29, 1.82) is 0 Å². The molecule has 2 aliphatic rings. The summed E-state index contributed by atoms with van der Waals surface area (Å²) >= 11 is 0. The van der Waals surface area contributed by atoms with E-state index >= 15 is 0 Å². The molecular weight excluding hydrogens is 372 g/mol. The lowest BCUT2D eigenvalue weighted by Gasteiger charge is -2.25. The molecule has 1 N–H and O–H groups in total. The first-order valence-corrected chi connectivity index (χ1v) is 10.5. The Labute approximate surface area is 176 Å². The maximum atomic E-state index is 12.9. The third kappa shape index (κ3) is 3.28. The summed E-state index contributed by atoms with van der Waals surface area (Å²) in [5.41, 5.74) is 6.96. The summed E-state index contributed by atoms with van der Waals surface area (Å²) in [5.74, 6) is -0.369. The maximum absolute atomic E-state index is 12.9. The highest BCUT2D eigenvalue weighted by Crippen LogP contribution is 2.38. The number of carbonyl (C=O) groups excluding carboxylic acids is 2. The quantitative estimate of drug-likeness (QED) is 0.538. The van der Waals surface area contributed by atoms with Crippen LogP contribution >= 0.6 is 0 Å². The minimum absolute atomic E-state index is 0.0324. The lowest BCUT2D eigenvalue weighted by Crippen LogP contribution is -2.30. The summed E-state index contributed by atoms with van der Waals surface area (Å²) in [6.45, 7) is 2.47. The van der Waals surface area contributed by atoms with Gasteiger partial charge in [-0.3, -0.25) is 9.59 Å². The van der Waals surface area contributed by atoms with Crippen molar-refractivity contribution in [1.82, 2.24) is 4.90 Å². The van der Waals surface area contributed by atoms with Crippen molar-refractivity contribution in [2.75, 3.05) is 11.9 Å². The molecule has 3 aromatic carbocycles. The second-order valence-electron chi connectivity index (χ2n) is 8.23. The van der Waals surface area contributed by atoms with Gasteiger partial charge in [0.15, 0.2) is 0 Å². The number of hydrogen-bond donors (Lipinski definition) is 1. The van der Waals surface area contributed by atoms with Crippen LogP contribution in [-0.4, -0.2) is 23.3 Å². The highest BCUT2D eigenvalue weighted by molar-refractivity contribution is 5.97. The standard InChI is InChI=1S/C26H24N2O2/c1-17(18-7-3-2-4-8-18)28-16-21(15-25(28)29)26(30)27-22-11-12-24-20(14-22)13-19-9-5-6-10-23(19)24/h2-12,14,17,21H,13,15-16H2,1H3,(H,27,30). The molecule has 1 fully saturated rings. The number of amides is 2. The van der Waals surface area contributed by atoms with Crippen molar-refractivity contribution in [2.45, 2.75) is 25.8 Å². The molecule has 0 spiro atoms. The number of anilines is 1.